The summed E-state index contributed by atoms with van der Waals surface area (Å²) in [5, 5.41) is 0. The van der Waals surface area contributed by atoms with Crippen LogP contribution in [0.2, 0.25) is 0 Å². The molecule has 0 amide bonds. The molecule has 4 aliphatic heterocycles. The highest BCUT2D eigenvalue weighted by molar-refractivity contribution is 5.77. The summed E-state index contributed by atoms with van der Waals surface area (Å²) in [4.78, 5) is 22.1. The first kappa shape index (κ1) is 44.6. The zero-order chi connectivity index (χ0) is 36.7. The summed E-state index contributed by atoms with van der Waals surface area (Å²) in [5.41, 5.74) is -0.348. The van der Waals surface area contributed by atoms with Gasteiger partial charge in [0.2, 0.25) is 0 Å². The number of carbonyl (C=O) groups is 2. The monoisotopic (exact) mass is 694 g/mol. The van der Waals surface area contributed by atoms with Crippen LogP contribution in [0.5, 0.6) is 0 Å². The van der Waals surface area contributed by atoms with E-state index in [1.54, 1.807) is 14.2 Å². The van der Waals surface area contributed by atoms with E-state index in [1.807, 2.05) is 6.92 Å². The highest BCUT2D eigenvalue weighted by atomic mass is 16.8. The Balaban J connectivity index is 0.000000324. The minimum Gasteiger partial charge on any atom is -0.467 e. The van der Waals surface area contributed by atoms with Crippen molar-refractivity contribution in [2.24, 2.45) is 17.8 Å². The summed E-state index contributed by atoms with van der Waals surface area (Å²) in [6.45, 7) is 24.6. The number of cyclic esters (lactones) is 1. The molecule has 284 valence electrons. The van der Waals surface area contributed by atoms with E-state index in [9.17, 15) is 9.59 Å². The molecule has 4 rings (SSSR count). The van der Waals surface area contributed by atoms with Gasteiger partial charge in [-0.2, -0.15) is 0 Å². The first-order chi connectivity index (χ1) is 22.3. The standard InChI is InChI=1S/C11H22O2.C9H14O4.C9H16O4.C6H14O3/c1-8(2)7-9-12-10(3,4)11(5,6)13-9;1-5(2)3-7-12-6-4-11-9(10)8(6)13-7;1-6(2)4-8-12-5-7(13-8)9(10)11-3;1-6(4-7-2)9-5-8-3/h8-9H,7H2,1-6H3;5-8H,3-4H2,1-2H3;6-8H,4-5H2,1-3H3;6H,4-5H2,1-3H3. The van der Waals surface area contributed by atoms with Crippen molar-refractivity contribution < 1.29 is 61.7 Å². The van der Waals surface area contributed by atoms with Gasteiger partial charge in [0, 0.05) is 33.5 Å². The fourth-order valence-electron chi connectivity index (χ4n) is 4.76. The predicted octanol–water partition coefficient (Wildman–Crippen LogP) is 5.25. The van der Waals surface area contributed by atoms with E-state index < -0.39 is 12.2 Å². The number of fused-ring (bicyclic) bond motifs is 1. The van der Waals surface area contributed by atoms with Crippen LogP contribution in [0.15, 0.2) is 0 Å². The SMILES string of the molecule is CC(C)CC1OC(C)(C)C(C)(C)O1.CC(C)CC1OC2COC(=O)C2O1.COC(=O)C1COC(CC(C)C)O1.COCOC(C)COC. The molecule has 6 atom stereocenters. The molecule has 0 N–H and O–H groups in total. The number of esters is 2. The molecule has 4 fully saturated rings. The third-order valence-corrected chi connectivity index (χ3v) is 7.96. The second-order valence-electron chi connectivity index (χ2n) is 14.6. The van der Waals surface area contributed by atoms with Gasteiger partial charge in [-0.25, -0.2) is 9.59 Å². The topological polar surface area (TPSA) is 136 Å². The molecule has 0 saturated carbocycles. The first-order valence-electron chi connectivity index (χ1n) is 17.1. The molecule has 0 aromatic heterocycles. The van der Waals surface area contributed by atoms with Gasteiger partial charge in [-0.15, -0.1) is 0 Å². The minimum absolute atomic E-state index is 0.0231. The minimum atomic E-state index is -0.534. The van der Waals surface area contributed by atoms with Crippen molar-refractivity contribution in [2.75, 3.05) is 47.9 Å². The molecule has 0 radical (unpaired) electrons. The molecule has 0 bridgehead atoms. The number of ether oxygens (including phenoxy) is 11. The summed E-state index contributed by atoms with van der Waals surface area (Å²) < 4.78 is 57.1. The van der Waals surface area contributed by atoms with Crippen LogP contribution in [-0.2, 0) is 61.7 Å². The highest BCUT2D eigenvalue weighted by Crippen LogP contribution is 2.39. The molecule has 13 heteroatoms. The van der Waals surface area contributed by atoms with Crippen LogP contribution in [-0.4, -0.2) is 114 Å². The lowest BCUT2D eigenvalue weighted by atomic mass is 9.90. The molecule has 6 unspecified atom stereocenters. The van der Waals surface area contributed by atoms with Crippen molar-refractivity contribution in [1.82, 2.24) is 0 Å². The average Bonchev–Trinajstić information content (AvgIpc) is 3.72. The Morgan fingerprint density at radius 3 is 1.77 bits per heavy atom. The van der Waals surface area contributed by atoms with Crippen LogP contribution >= 0.6 is 0 Å². The molecule has 0 aromatic carbocycles. The van der Waals surface area contributed by atoms with E-state index in [-0.39, 0.29) is 54.2 Å². The summed E-state index contributed by atoms with van der Waals surface area (Å²) in [7, 11) is 4.59. The third-order valence-electron chi connectivity index (χ3n) is 7.96. The second kappa shape index (κ2) is 21.7. The van der Waals surface area contributed by atoms with Gasteiger partial charge in [-0.1, -0.05) is 41.5 Å². The van der Waals surface area contributed by atoms with Gasteiger partial charge < -0.3 is 52.1 Å². The second-order valence-corrected chi connectivity index (χ2v) is 14.6. The average molecular weight is 695 g/mol. The summed E-state index contributed by atoms with van der Waals surface area (Å²) >= 11 is 0. The Morgan fingerprint density at radius 2 is 1.29 bits per heavy atom. The molecule has 4 saturated heterocycles. The van der Waals surface area contributed by atoms with Crippen molar-refractivity contribution in [3.63, 3.8) is 0 Å². The molecule has 4 heterocycles. The smallest absolute Gasteiger partial charge is 0.338 e. The predicted molar refractivity (Wildman–Crippen MR) is 178 cm³/mol. The fraction of sp³-hybridized carbons (Fsp3) is 0.943. The lowest BCUT2D eigenvalue weighted by Crippen LogP contribution is -2.41. The van der Waals surface area contributed by atoms with E-state index in [0.717, 1.165) is 19.3 Å². The van der Waals surface area contributed by atoms with Crippen molar-refractivity contribution in [3.05, 3.63) is 0 Å². The summed E-state index contributed by atoms with van der Waals surface area (Å²) in [6.07, 6.45) is 1.08. The van der Waals surface area contributed by atoms with Gasteiger partial charge in [0.05, 0.1) is 37.6 Å². The van der Waals surface area contributed by atoms with Gasteiger partial charge in [0.15, 0.2) is 31.1 Å². The molecule has 13 nitrogen and oxygen atoms in total. The zero-order valence-corrected chi connectivity index (χ0v) is 32.0. The number of carbonyl (C=O) groups excluding carboxylic acids is 2. The van der Waals surface area contributed by atoms with Crippen molar-refractivity contribution in [3.8, 4) is 0 Å². The van der Waals surface area contributed by atoms with Crippen molar-refractivity contribution >= 4 is 11.9 Å². The Morgan fingerprint density at radius 1 is 0.750 bits per heavy atom. The van der Waals surface area contributed by atoms with E-state index in [4.69, 9.17) is 42.6 Å². The zero-order valence-electron chi connectivity index (χ0n) is 32.0. The Kier molecular flexibility index (Phi) is 20.2. The van der Waals surface area contributed by atoms with E-state index in [1.165, 1.54) is 7.11 Å². The van der Waals surface area contributed by atoms with Crippen LogP contribution in [0.1, 0.15) is 95.4 Å². The summed E-state index contributed by atoms with van der Waals surface area (Å²) in [6, 6.07) is 0. The molecule has 4 aliphatic rings. The Labute approximate surface area is 289 Å². The van der Waals surface area contributed by atoms with E-state index in [0.29, 0.717) is 44.4 Å². The highest BCUT2D eigenvalue weighted by Gasteiger charge is 2.49. The lowest BCUT2D eigenvalue weighted by molar-refractivity contribution is -0.156. The van der Waals surface area contributed by atoms with Crippen LogP contribution < -0.4 is 0 Å². The van der Waals surface area contributed by atoms with Crippen LogP contribution in [0.25, 0.3) is 0 Å². The largest absolute Gasteiger partial charge is 0.467 e. The molecule has 0 spiro atoms. The van der Waals surface area contributed by atoms with E-state index >= 15 is 0 Å². The normalized spacial score (nSPS) is 27.8. The third kappa shape index (κ3) is 16.1. The maximum Gasteiger partial charge on any atom is 0.338 e. The fourth-order valence-corrected chi connectivity index (χ4v) is 4.76. The van der Waals surface area contributed by atoms with Crippen LogP contribution in [0, 0.1) is 17.8 Å². The molecule has 0 aliphatic carbocycles. The van der Waals surface area contributed by atoms with Gasteiger partial charge in [0.1, 0.15) is 19.5 Å². The lowest BCUT2D eigenvalue weighted by Gasteiger charge is -2.30. The number of methoxy groups -OCH3 is 3. The molecular weight excluding hydrogens is 628 g/mol. The first-order valence-corrected chi connectivity index (χ1v) is 17.1. The summed E-state index contributed by atoms with van der Waals surface area (Å²) in [5.74, 6) is 0.999. The van der Waals surface area contributed by atoms with E-state index in [2.05, 4.69) is 78.7 Å². The van der Waals surface area contributed by atoms with Crippen molar-refractivity contribution in [2.45, 2.75) is 150 Å². The number of hydrogen-bond acceptors (Lipinski definition) is 13. The van der Waals surface area contributed by atoms with Gasteiger partial charge in [-0.05, 0) is 52.4 Å². The maximum atomic E-state index is 11.1. The number of hydrogen-bond donors (Lipinski definition) is 0. The Hall–Kier alpha value is -1.42. The van der Waals surface area contributed by atoms with Crippen molar-refractivity contribution in [1.29, 1.82) is 0 Å². The van der Waals surface area contributed by atoms with Crippen LogP contribution in [0.4, 0.5) is 0 Å². The van der Waals surface area contributed by atoms with Crippen LogP contribution in [0.3, 0.4) is 0 Å². The maximum absolute atomic E-state index is 11.1. The van der Waals surface area contributed by atoms with Gasteiger partial charge >= 0.3 is 11.9 Å². The Bertz CT molecular complexity index is 889. The quantitative estimate of drug-likeness (QED) is 0.195. The van der Waals surface area contributed by atoms with Gasteiger partial charge in [-0.3, -0.25) is 0 Å². The van der Waals surface area contributed by atoms with Gasteiger partial charge in [0.25, 0.3) is 0 Å². The molecule has 0 aromatic rings. The number of rotatable bonds is 12. The molecular formula is C35H66O13. The molecule has 48 heavy (non-hydrogen) atoms.